The Kier molecular flexibility index (Phi) is 4.64. The van der Waals surface area contributed by atoms with Crippen molar-refractivity contribution in [2.45, 2.75) is 44.9 Å². The smallest absolute Gasteiger partial charge is 0.147 e. The van der Waals surface area contributed by atoms with Gasteiger partial charge < -0.3 is 15.0 Å². The Morgan fingerprint density at radius 1 is 1.44 bits per heavy atom. The third-order valence-corrected chi connectivity index (χ3v) is 4.09. The molecule has 2 N–H and O–H groups in total. The summed E-state index contributed by atoms with van der Waals surface area (Å²) in [5, 5.41) is 21.8. The van der Waals surface area contributed by atoms with E-state index in [1.807, 2.05) is 13.2 Å². The van der Waals surface area contributed by atoms with Gasteiger partial charge in [-0.25, -0.2) is 0 Å². The monoisotopic (exact) mass is 270 g/mol. The van der Waals surface area contributed by atoms with Gasteiger partial charge in [0.2, 0.25) is 0 Å². The number of hydrogen-bond acceptors (Lipinski definition) is 5. The van der Waals surface area contributed by atoms with Gasteiger partial charge in [0.1, 0.15) is 11.6 Å². The zero-order valence-corrected chi connectivity index (χ0v) is 12.0. The number of aromatic nitrogens is 3. The lowest BCUT2D eigenvalue weighted by Crippen LogP contribution is -2.40. The van der Waals surface area contributed by atoms with Crippen molar-refractivity contribution in [1.29, 1.82) is 0 Å². The summed E-state index contributed by atoms with van der Waals surface area (Å²) in [5.74, 6) is 2.83. The van der Waals surface area contributed by atoms with Crippen LogP contribution in [-0.4, -0.2) is 44.0 Å². The van der Waals surface area contributed by atoms with Crippen molar-refractivity contribution in [2.24, 2.45) is 0 Å². The number of thioether (sulfide) groups is 1. The highest BCUT2D eigenvalue weighted by Gasteiger charge is 2.20. The highest BCUT2D eigenvalue weighted by atomic mass is 32.2. The van der Waals surface area contributed by atoms with Gasteiger partial charge in [0.15, 0.2) is 0 Å². The number of aryl methyl sites for hydroxylation is 1. The molecule has 18 heavy (non-hydrogen) atoms. The van der Waals surface area contributed by atoms with Crippen LogP contribution in [0.1, 0.15) is 31.4 Å². The molecule has 0 spiro atoms. The summed E-state index contributed by atoms with van der Waals surface area (Å²) >= 11 is 1.66. The summed E-state index contributed by atoms with van der Waals surface area (Å²) in [4.78, 5) is 0. The summed E-state index contributed by atoms with van der Waals surface area (Å²) in [5.41, 5.74) is -0.663. The van der Waals surface area contributed by atoms with E-state index < -0.39 is 5.60 Å². The van der Waals surface area contributed by atoms with E-state index in [1.54, 1.807) is 11.8 Å². The van der Waals surface area contributed by atoms with Gasteiger partial charge in [-0.2, -0.15) is 11.8 Å². The van der Waals surface area contributed by atoms with E-state index in [-0.39, 0.29) is 0 Å². The van der Waals surface area contributed by atoms with Gasteiger partial charge in [0.05, 0.1) is 12.1 Å². The second-order valence-electron chi connectivity index (χ2n) is 5.17. The Bertz CT molecular complexity index is 391. The highest BCUT2D eigenvalue weighted by molar-refractivity contribution is 7.98. The fourth-order valence-corrected chi connectivity index (χ4v) is 3.03. The number of rotatable bonds is 6. The van der Waals surface area contributed by atoms with Crippen molar-refractivity contribution in [3.8, 4) is 0 Å². The minimum atomic E-state index is -0.663. The molecule has 0 fully saturated rings. The van der Waals surface area contributed by atoms with Crippen molar-refractivity contribution < 1.29 is 5.11 Å². The molecule has 2 rings (SSSR count). The average molecular weight is 270 g/mol. The quantitative estimate of drug-likeness (QED) is 0.801. The summed E-state index contributed by atoms with van der Waals surface area (Å²) in [7, 11) is 0. The van der Waals surface area contributed by atoms with E-state index in [0.717, 1.165) is 30.4 Å². The van der Waals surface area contributed by atoms with E-state index in [0.29, 0.717) is 13.1 Å². The van der Waals surface area contributed by atoms with Gasteiger partial charge in [-0.3, -0.25) is 0 Å². The average Bonchev–Trinajstić information content (AvgIpc) is 2.73. The molecule has 1 atom stereocenters. The van der Waals surface area contributed by atoms with Crippen LogP contribution < -0.4 is 5.32 Å². The number of aliphatic hydroxyl groups is 1. The van der Waals surface area contributed by atoms with Crippen LogP contribution in [0.5, 0.6) is 0 Å². The Labute approximate surface area is 112 Å². The van der Waals surface area contributed by atoms with E-state index in [1.165, 1.54) is 12.8 Å². The van der Waals surface area contributed by atoms with Crippen LogP contribution in [0, 0.1) is 0 Å². The first-order valence-electron chi connectivity index (χ1n) is 6.45. The molecular formula is C12H22N4OS. The maximum Gasteiger partial charge on any atom is 0.147 e. The molecule has 1 aromatic heterocycles. The van der Waals surface area contributed by atoms with Crippen LogP contribution in [0.2, 0.25) is 0 Å². The molecule has 0 aromatic carbocycles. The first-order chi connectivity index (χ1) is 8.62. The van der Waals surface area contributed by atoms with Crippen molar-refractivity contribution in [3.05, 3.63) is 11.6 Å². The minimum absolute atomic E-state index is 0.579. The van der Waals surface area contributed by atoms with Crippen molar-refractivity contribution in [2.75, 3.05) is 18.6 Å². The van der Waals surface area contributed by atoms with E-state index in [2.05, 4.69) is 20.1 Å². The van der Waals surface area contributed by atoms with E-state index in [4.69, 9.17) is 0 Å². The zero-order chi connectivity index (χ0) is 13.0. The molecule has 0 saturated heterocycles. The first kappa shape index (κ1) is 13.8. The molecule has 0 aliphatic carbocycles. The maximum absolute atomic E-state index is 10.1. The summed E-state index contributed by atoms with van der Waals surface area (Å²) < 4.78 is 2.21. The maximum atomic E-state index is 10.1. The standard InChI is InChI=1S/C12H22N4OS/c1-12(17,9-18-2)8-13-7-11-15-14-10-5-3-4-6-16(10)11/h13,17H,3-9H2,1-2H3. The zero-order valence-electron chi connectivity index (χ0n) is 11.1. The molecule has 0 radical (unpaired) electrons. The van der Waals surface area contributed by atoms with Crippen molar-refractivity contribution in [3.63, 3.8) is 0 Å². The molecule has 2 heterocycles. The molecule has 5 nitrogen and oxygen atoms in total. The van der Waals surface area contributed by atoms with Gasteiger partial charge >= 0.3 is 0 Å². The van der Waals surface area contributed by atoms with Gasteiger partial charge in [-0.05, 0) is 26.0 Å². The topological polar surface area (TPSA) is 63.0 Å². The van der Waals surface area contributed by atoms with Crippen LogP contribution in [-0.2, 0) is 19.5 Å². The van der Waals surface area contributed by atoms with Gasteiger partial charge in [0.25, 0.3) is 0 Å². The Morgan fingerprint density at radius 3 is 3.06 bits per heavy atom. The lowest BCUT2D eigenvalue weighted by molar-refractivity contribution is 0.0843. The third kappa shape index (κ3) is 3.46. The molecular weight excluding hydrogens is 248 g/mol. The lowest BCUT2D eigenvalue weighted by atomic mass is 10.1. The number of nitrogens with zero attached hydrogens (tertiary/aromatic N) is 3. The third-order valence-electron chi connectivity index (χ3n) is 3.18. The number of nitrogens with one attached hydrogen (secondary N) is 1. The summed E-state index contributed by atoms with van der Waals surface area (Å²) in [6.45, 7) is 4.14. The number of hydrogen-bond donors (Lipinski definition) is 2. The molecule has 1 aromatic rings. The SMILES string of the molecule is CSCC(C)(O)CNCc1nnc2n1CCCC2. The fourth-order valence-electron chi connectivity index (χ4n) is 2.30. The Hall–Kier alpha value is -0.590. The van der Waals surface area contributed by atoms with Crippen LogP contribution in [0.4, 0.5) is 0 Å². The van der Waals surface area contributed by atoms with Gasteiger partial charge in [-0.1, -0.05) is 0 Å². The van der Waals surface area contributed by atoms with Gasteiger partial charge in [-0.15, -0.1) is 10.2 Å². The Balaban J connectivity index is 1.85. The number of fused-ring (bicyclic) bond motifs is 1. The van der Waals surface area contributed by atoms with E-state index >= 15 is 0 Å². The molecule has 1 aliphatic rings. The highest BCUT2D eigenvalue weighted by Crippen LogP contribution is 2.14. The largest absolute Gasteiger partial charge is 0.388 e. The van der Waals surface area contributed by atoms with Crippen molar-refractivity contribution >= 4 is 11.8 Å². The van der Waals surface area contributed by atoms with Crippen LogP contribution in [0.3, 0.4) is 0 Å². The minimum Gasteiger partial charge on any atom is -0.388 e. The normalized spacial score (nSPS) is 18.4. The molecule has 0 bridgehead atoms. The second-order valence-corrected chi connectivity index (χ2v) is 6.04. The fraction of sp³-hybridized carbons (Fsp3) is 0.833. The molecule has 1 aliphatic heterocycles. The summed E-state index contributed by atoms with van der Waals surface area (Å²) in [6, 6.07) is 0. The molecule has 1 unspecified atom stereocenters. The van der Waals surface area contributed by atoms with Crippen molar-refractivity contribution in [1.82, 2.24) is 20.1 Å². The molecule has 0 amide bonds. The van der Waals surface area contributed by atoms with Crippen LogP contribution >= 0.6 is 11.8 Å². The van der Waals surface area contributed by atoms with E-state index in [9.17, 15) is 5.11 Å². The predicted molar refractivity (Wildman–Crippen MR) is 73.7 cm³/mol. The Morgan fingerprint density at radius 2 is 2.28 bits per heavy atom. The predicted octanol–water partition coefficient (Wildman–Crippen LogP) is 0.818. The molecule has 0 saturated carbocycles. The first-order valence-corrected chi connectivity index (χ1v) is 7.85. The van der Waals surface area contributed by atoms with Gasteiger partial charge in [0, 0.05) is 25.3 Å². The molecule has 6 heteroatoms. The second kappa shape index (κ2) is 6.04. The van der Waals surface area contributed by atoms with Crippen LogP contribution in [0.25, 0.3) is 0 Å². The van der Waals surface area contributed by atoms with Crippen LogP contribution in [0.15, 0.2) is 0 Å². The molecule has 102 valence electrons. The lowest BCUT2D eigenvalue weighted by Gasteiger charge is -2.22. The summed E-state index contributed by atoms with van der Waals surface area (Å²) in [6.07, 6.45) is 5.47.